The minimum atomic E-state index is 0.743. The number of nitrogens with one attached hydrogen (secondary N) is 1. The summed E-state index contributed by atoms with van der Waals surface area (Å²) in [6.45, 7) is 8.61. The van der Waals surface area contributed by atoms with E-state index >= 15 is 0 Å². The molecule has 1 heterocycles. The number of rotatable bonds is 5. The molecule has 82 valence electrons. The third kappa shape index (κ3) is 3.41. The standard InChI is InChI=1S/C12H19N3/c1-4-7-8-13-10-12-9-11(5-2)14-15(12)6-3/h9,13H,5-6,8,10H2,1-3H3. The molecule has 0 radical (unpaired) electrons. The van der Waals surface area contributed by atoms with Crippen molar-refractivity contribution in [1.29, 1.82) is 0 Å². The molecular formula is C12H19N3. The summed E-state index contributed by atoms with van der Waals surface area (Å²) < 4.78 is 2.05. The van der Waals surface area contributed by atoms with Crippen LogP contribution < -0.4 is 5.32 Å². The lowest BCUT2D eigenvalue weighted by Gasteiger charge is -2.03. The van der Waals surface area contributed by atoms with Gasteiger partial charge in [-0.15, -0.1) is 5.92 Å². The van der Waals surface area contributed by atoms with E-state index in [1.807, 2.05) is 11.6 Å². The average molecular weight is 205 g/mol. The van der Waals surface area contributed by atoms with Crippen LogP contribution in [0.15, 0.2) is 6.07 Å². The Balaban J connectivity index is 2.57. The third-order valence-electron chi connectivity index (χ3n) is 2.27. The van der Waals surface area contributed by atoms with Crippen molar-refractivity contribution in [2.45, 2.75) is 40.3 Å². The summed E-state index contributed by atoms with van der Waals surface area (Å²) in [6.07, 6.45) is 0.995. The number of nitrogens with zero attached hydrogens (tertiary/aromatic N) is 2. The molecule has 0 aliphatic rings. The third-order valence-corrected chi connectivity index (χ3v) is 2.27. The summed E-state index contributed by atoms with van der Waals surface area (Å²) in [6, 6.07) is 2.16. The van der Waals surface area contributed by atoms with Gasteiger partial charge in [0.25, 0.3) is 0 Å². The smallest absolute Gasteiger partial charge is 0.0625 e. The lowest BCUT2D eigenvalue weighted by Crippen LogP contribution is -2.16. The van der Waals surface area contributed by atoms with Gasteiger partial charge in [-0.3, -0.25) is 4.68 Å². The minimum Gasteiger partial charge on any atom is -0.301 e. The lowest BCUT2D eigenvalue weighted by molar-refractivity contribution is 0.591. The molecule has 1 aromatic rings. The van der Waals surface area contributed by atoms with E-state index in [0.29, 0.717) is 0 Å². The van der Waals surface area contributed by atoms with Gasteiger partial charge in [0.15, 0.2) is 0 Å². The second-order valence-electron chi connectivity index (χ2n) is 3.33. The van der Waals surface area contributed by atoms with Gasteiger partial charge in [-0.2, -0.15) is 5.10 Å². The first-order valence-corrected chi connectivity index (χ1v) is 5.47. The molecule has 0 atom stereocenters. The highest BCUT2D eigenvalue weighted by Crippen LogP contribution is 2.04. The van der Waals surface area contributed by atoms with Gasteiger partial charge in [-0.25, -0.2) is 0 Å². The maximum Gasteiger partial charge on any atom is 0.0625 e. The Hall–Kier alpha value is -1.27. The maximum absolute atomic E-state index is 4.49. The first-order valence-electron chi connectivity index (χ1n) is 5.47. The second kappa shape index (κ2) is 6.26. The van der Waals surface area contributed by atoms with Gasteiger partial charge in [-0.1, -0.05) is 12.8 Å². The highest BCUT2D eigenvalue weighted by Gasteiger charge is 2.03. The van der Waals surface area contributed by atoms with Gasteiger partial charge in [0, 0.05) is 13.1 Å². The first kappa shape index (κ1) is 11.8. The van der Waals surface area contributed by atoms with Crippen LogP contribution in [0.3, 0.4) is 0 Å². The molecule has 0 spiro atoms. The van der Waals surface area contributed by atoms with Crippen LogP contribution in [0.1, 0.15) is 32.2 Å². The molecule has 15 heavy (non-hydrogen) atoms. The zero-order valence-electron chi connectivity index (χ0n) is 9.80. The molecule has 0 aromatic carbocycles. The van der Waals surface area contributed by atoms with Crippen molar-refractivity contribution in [3.05, 3.63) is 17.5 Å². The van der Waals surface area contributed by atoms with Crippen LogP contribution in [-0.4, -0.2) is 16.3 Å². The Labute approximate surface area is 91.9 Å². The molecule has 0 amide bonds. The highest BCUT2D eigenvalue weighted by atomic mass is 15.3. The Morgan fingerprint density at radius 3 is 2.87 bits per heavy atom. The molecule has 3 nitrogen and oxygen atoms in total. The molecule has 0 saturated heterocycles. The van der Waals surface area contributed by atoms with Crippen LogP contribution in [-0.2, 0) is 19.5 Å². The topological polar surface area (TPSA) is 29.9 Å². The number of hydrogen-bond acceptors (Lipinski definition) is 2. The molecule has 0 bridgehead atoms. The Morgan fingerprint density at radius 1 is 1.47 bits per heavy atom. The van der Waals surface area contributed by atoms with Crippen molar-refractivity contribution in [3.63, 3.8) is 0 Å². The van der Waals surface area contributed by atoms with E-state index in [1.165, 1.54) is 5.69 Å². The van der Waals surface area contributed by atoms with Crippen molar-refractivity contribution in [2.24, 2.45) is 0 Å². The normalized spacial score (nSPS) is 9.80. The van der Waals surface area contributed by atoms with E-state index in [0.717, 1.165) is 31.7 Å². The quantitative estimate of drug-likeness (QED) is 0.584. The van der Waals surface area contributed by atoms with E-state index in [4.69, 9.17) is 0 Å². The van der Waals surface area contributed by atoms with Crippen LogP contribution in [0.25, 0.3) is 0 Å². The van der Waals surface area contributed by atoms with Crippen LogP contribution >= 0.6 is 0 Å². The molecule has 0 saturated carbocycles. The summed E-state index contributed by atoms with van der Waals surface area (Å²) >= 11 is 0. The molecule has 0 aliphatic heterocycles. The Kier molecular flexibility index (Phi) is 4.92. The van der Waals surface area contributed by atoms with Crippen molar-refractivity contribution in [1.82, 2.24) is 15.1 Å². The summed E-state index contributed by atoms with van der Waals surface area (Å²) in [4.78, 5) is 0. The van der Waals surface area contributed by atoms with Gasteiger partial charge in [0.05, 0.1) is 17.9 Å². The lowest BCUT2D eigenvalue weighted by atomic mass is 10.3. The van der Waals surface area contributed by atoms with Crippen LogP contribution in [0.5, 0.6) is 0 Å². The summed E-state index contributed by atoms with van der Waals surface area (Å²) in [5.74, 6) is 5.85. The minimum absolute atomic E-state index is 0.743. The van der Waals surface area contributed by atoms with Gasteiger partial charge >= 0.3 is 0 Å². The van der Waals surface area contributed by atoms with Crippen LogP contribution in [0.2, 0.25) is 0 Å². The second-order valence-corrected chi connectivity index (χ2v) is 3.33. The maximum atomic E-state index is 4.49. The number of aryl methyl sites for hydroxylation is 2. The first-order chi connectivity index (χ1) is 7.31. The van der Waals surface area contributed by atoms with Crippen molar-refractivity contribution in [3.8, 4) is 11.8 Å². The predicted octanol–water partition coefficient (Wildman–Crippen LogP) is 1.58. The van der Waals surface area contributed by atoms with Gasteiger partial charge < -0.3 is 5.32 Å². The summed E-state index contributed by atoms with van der Waals surface area (Å²) in [5.41, 5.74) is 2.41. The fraction of sp³-hybridized carbons (Fsp3) is 0.583. The molecule has 1 rings (SSSR count). The zero-order chi connectivity index (χ0) is 11.1. The van der Waals surface area contributed by atoms with E-state index < -0.39 is 0 Å². The fourth-order valence-corrected chi connectivity index (χ4v) is 1.45. The number of hydrogen-bond donors (Lipinski definition) is 1. The average Bonchev–Trinajstić information content (AvgIpc) is 2.67. The molecule has 0 aliphatic carbocycles. The van der Waals surface area contributed by atoms with Gasteiger partial charge in [0.1, 0.15) is 0 Å². The highest BCUT2D eigenvalue weighted by molar-refractivity contribution is 5.10. The van der Waals surface area contributed by atoms with Gasteiger partial charge in [0.2, 0.25) is 0 Å². The van der Waals surface area contributed by atoms with E-state index in [1.54, 1.807) is 0 Å². The monoisotopic (exact) mass is 205 g/mol. The number of aromatic nitrogens is 2. The molecule has 3 heteroatoms. The van der Waals surface area contributed by atoms with Crippen molar-refractivity contribution < 1.29 is 0 Å². The fourth-order valence-electron chi connectivity index (χ4n) is 1.45. The largest absolute Gasteiger partial charge is 0.301 e. The van der Waals surface area contributed by atoms with Gasteiger partial charge in [-0.05, 0) is 26.3 Å². The molecule has 1 aromatic heterocycles. The molecule has 0 fully saturated rings. The van der Waals surface area contributed by atoms with E-state index in [2.05, 4.69) is 42.2 Å². The molecule has 0 unspecified atom stereocenters. The molecular weight excluding hydrogens is 186 g/mol. The van der Waals surface area contributed by atoms with Crippen LogP contribution in [0.4, 0.5) is 0 Å². The zero-order valence-corrected chi connectivity index (χ0v) is 9.80. The van der Waals surface area contributed by atoms with Crippen LogP contribution in [0, 0.1) is 11.8 Å². The van der Waals surface area contributed by atoms with E-state index in [-0.39, 0.29) is 0 Å². The Morgan fingerprint density at radius 2 is 2.27 bits per heavy atom. The SMILES string of the molecule is CC#CCNCc1cc(CC)nn1CC. The Bertz CT molecular complexity index is 355. The van der Waals surface area contributed by atoms with Crippen molar-refractivity contribution in [2.75, 3.05) is 6.54 Å². The predicted molar refractivity (Wildman–Crippen MR) is 62.4 cm³/mol. The molecule has 1 N–H and O–H groups in total. The van der Waals surface area contributed by atoms with Crippen molar-refractivity contribution >= 4 is 0 Å². The summed E-state index contributed by atoms with van der Waals surface area (Å²) in [7, 11) is 0. The summed E-state index contributed by atoms with van der Waals surface area (Å²) in [5, 5.41) is 7.77. The van der Waals surface area contributed by atoms with E-state index in [9.17, 15) is 0 Å².